The second-order valence-electron chi connectivity index (χ2n) is 9.53. The number of carbonyl (C=O) groups is 1. The molecule has 1 saturated heterocycles. The third-order valence-corrected chi connectivity index (χ3v) is 7.17. The quantitative estimate of drug-likeness (QED) is 0.307. The van der Waals surface area contributed by atoms with Gasteiger partial charge in [0.15, 0.2) is 0 Å². The Balaban J connectivity index is 1.16. The number of piperidine rings is 1. The van der Waals surface area contributed by atoms with Gasteiger partial charge in [0, 0.05) is 52.8 Å². The van der Waals surface area contributed by atoms with E-state index in [1.54, 1.807) is 18.3 Å². The number of halogens is 1. The zero-order chi connectivity index (χ0) is 25.2. The van der Waals surface area contributed by atoms with Gasteiger partial charge in [-0.25, -0.2) is 0 Å². The van der Waals surface area contributed by atoms with Crippen LogP contribution in [0.2, 0.25) is 5.02 Å². The van der Waals surface area contributed by atoms with E-state index in [1.165, 1.54) is 24.9 Å². The van der Waals surface area contributed by atoms with Crippen molar-refractivity contribution in [1.82, 2.24) is 25.5 Å². The highest BCUT2D eigenvalue weighted by Crippen LogP contribution is 2.25. The van der Waals surface area contributed by atoms with Crippen molar-refractivity contribution in [2.45, 2.75) is 32.2 Å². The Morgan fingerprint density at radius 1 is 0.973 bits per heavy atom. The van der Waals surface area contributed by atoms with Crippen molar-refractivity contribution in [2.75, 3.05) is 18.0 Å². The standard InChI is InChI=1S/C29H27ClN6O/c30-22-5-7-27-25(16-22)28(35-34-27)18-33-29(37)20-8-9-31-23(14-20)13-19-4-6-26-21(12-19)15-24(17-32-26)36-10-2-1-3-11-36/h4-9,12,14-17H,1-3,10-11,13,18H2,(H,33,37)(H,34,35). The largest absolute Gasteiger partial charge is 0.370 e. The van der Waals surface area contributed by atoms with Gasteiger partial charge >= 0.3 is 0 Å². The van der Waals surface area contributed by atoms with E-state index in [9.17, 15) is 4.79 Å². The molecule has 2 N–H and O–H groups in total. The van der Waals surface area contributed by atoms with Crippen LogP contribution in [0.25, 0.3) is 21.8 Å². The van der Waals surface area contributed by atoms with E-state index < -0.39 is 0 Å². The molecule has 0 bridgehead atoms. The van der Waals surface area contributed by atoms with Crippen LogP contribution in [-0.4, -0.2) is 39.2 Å². The first-order valence-corrected chi connectivity index (χ1v) is 13.0. The monoisotopic (exact) mass is 510 g/mol. The molecule has 6 rings (SSSR count). The normalized spacial score (nSPS) is 13.8. The number of anilines is 1. The second kappa shape index (κ2) is 10.2. The summed E-state index contributed by atoms with van der Waals surface area (Å²) in [6.07, 6.45) is 8.08. The number of aromatic nitrogens is 4. The minimum atomic E-state index is -0.165. The molecule has 1 aliphatic heterocycles. The first kappa shape index (κ1) is 23.4. The summed E-state index contributed by atoms with van der Waals surface area (Å²) in [5.41, 5.74) is 6.34. The number of rotatable bonds is 6. The van der Waals surface area contributed by atoms with Gasteiger partial charge in [-0.1, -0.05) is 17.7 Å². The van der Waals surface area contributed by atoms with Crippen LogP contribution in [0.15, 0.2) is 67.0 Å². The Kier molecular flexibility index (Phi) is 6.45. The van der Waals surface area contributed by atoms with E-state index in [4.69, 9.17) is 11.6 Å². The predicted molar refractivity (Wildman–Crippen MR) is 147 cm³/mol. The predicted octanol–water partition coefficient (Wildman–Crippen LogP) is 5.67. The average molecular weight is 511 g/mol. The molecule has 7 nitrogen and oxygen atoms in total. The lowest BCUT2D eigenvalue weighted by molar-refractivity contribution is 0.0950. The Hall–Kier alpha value is -3.97. The fraction of sp³-hybridized carbons (Fsp3) is 0.241. The van der Waals surface area contributed by atoms with Crippen LogP contribution in [-0.2, 0) is 13.0 Å². The van der Waals surface area contributed by atoms with Crippen molar-refractivity contribution in [3.8, 4) is 0 Å². The number of hydrogen-bond acceptors (Lipinski definition) is 5. The third-order valence-electron chi connectivity index (χ3n) is 6.94. The van der Waals surface area contributed by atoms with Gasteiger partial charge < -0.3 is 10.2 Å². The number of nitrogens with zero attached hydrogens (tertiary/aromatic N) is 4. The molecular formula is C29H27ClN6O. The van der Waals surface area contributed by atoms with Crippen LogP contribution in [0.1, 0.15) is 46.6 Å². The molecule has 0 radical (unpaired) electrons. The van der Waals surface area contributed by atoms with E-state index in [0.717, 1.165) is 51.8 Å². The summed E-state index contributed by atoms with van der Waals surface area (Å²) in [7, 11) is 0. The number of pyridine rings is 2. The first-order chi connectivity index (χ1) is 18.1. The average Bonchev–Trinajstić information content (AvgIpc) is 3.34. The van der Waals surface area contributed by atoms with Crippen molar-refractivity contribution < 1.29 is 4.79 Å². The van der Waals surface area contributed by atoms with Gasteiger partial charge in [-0.15, -0.1) is 0 Å². The molecule has 2 aromatic carbocycles. The molecule has 3 aromatic heterocycles. The van der Waals surface area contributed by atoms with E-state index in [2.05, 4.69) is 54.6 Å². The van der Waals surface area contributed by atoms with Crippen molar-refractivity contribution in [3.05, 3.63) is 94.5 Å². The minimum absolute atomic E-state index is 0.165. The van der Waals surface area contributed by atoms with Crippen molar-refractivity contribution in [1.29, 1.82) is 0 Å². The van der Waals surface area contributed by atoms with E-state index in [1.807, 2.05) is 24.4 Å². The van der Waals surface area contributed by atoms with Crippen molar-refractivity contribution in [2.24, 2.45) is 0 Å². The summed E-state index contributed by atoms with van der Waals surface area (Å²) in [5, 5.41) is 12.9. The van der Waals surface area contributed by atoms with Crippen molar-refractivity contribution >= 4 is 45.0 Å². The third kappa shape index (κ3) is 5.13. The zero-order valence-electron chi connectivity index (χ0n) is 20.4. The van der Waals surface area contributed by atoms with Gasteiger partial charge in [-0.3, -0.25) is 19.9 Å². The maximum absolute atomic E-state index is 12.9. The molecule has 0 saturated carbocycles. The summed E-state index contributed by atoms with van der Waals surface area (Å²) in [6.45, 7) is 2.51. The SMILES string of the molecule is O=C(NCc1[nH]nc2ccc(Cl)cc12)c1ccnc(Cc2ccc3ncc(N4CCCCC4)cc3c2)c1. The van der Waals surface area contributed by atoms with Crippen LogP contribution in [0.3, 0.4) is 0 Å². The minimum Gasteiger partial charge on any atom is -0.370 e. The number of nitrogens with one attached hydrogen (secondary N) is 2. The van der Waals surface area contributed by atoms with Gasteiger partial charge in [0.1, 0.15) is 0 Å². The van der Waals surface area contributed by atoms with E-state index >= 15 is 0 Å². The first-order valence-electron chi connectivity index (χ1n) is 12.6. The fourth-order valence-electron chi connectivity index (χ4n) is 4.97. The fourth-order valence-corrected chi connectivity index (χ4v) is 5.14. The molecule has 4 heterocycles. The van der Waals surface area contributed by atoms with Crippen molar-refractivity contribution in [3.63, 3.8) is 0 Å². The van der Waals surface area contributed by atoms with Crippen LogP contribution in [0.4, 0.5) is 5.69 Å². The molecular weight excluding hydrogens is 484 g/mol. The van der Waals surface area contributed by atoms with Gasteiger partial charge in [0.2, 0.25) is 0 Å². The lowest BCUT2D eigenvalue weighted by atomic mass is 10.0. The van der Waals surface area contributed by atoms with Crippen LogP contribution < -0.4 is 10.2 Å². The Morgan fingerprint density at radius 2 is 1.84 bits per heavy atom. The highest BCUT2D eigenvalue weighted by Gasteiger charge is 2.13. The van der Waals surface area contributed by atoms with Crippen LogP contribution in [0.5, 0.6) is 0 Å². The van der Waals surface area contributed by atoms with Gasteiger partial charge in [0.05, 0.1) is 35.2 Å². The molecule has 0 aliphatic carbocycles. The lowest BCUT2D eigenvalue weighted by Crippen LogP contribution is -2.29. The van der Waals surface area contributed by atoms with E-state index in [-0.39, 0.29) is 5.91 Å². The number of hydrogen-bond donors (Lipinski definition) is 2. The maximum Gasteiger partial charge on any atom is 0.251 e. The topological polar surface area (TPSA) is 86.8 Å². The number of H-pyrrole nitrogens is 1. The van der Waals surface area contributed by atoms with E-state index in [0.29, 0.717) is 23.6 Å². The lowest BCUT2D eigenvalue weighted by Gasteiger charge is -2.28. The molecule has 37 heavy (non-hydrogen) atoms. The molecule has 0 atom stereocenters. The summed E-state index contributed by atoms with van der Waals surface area (Å²) in [5.74, 6) is -0.165. The second-order valence-corrected chi connectivity index (χ2v) is 9.96. The molecule has 1 aliphatic rings. The Bertz CT molecular complexity index is 1590. The molecule has 1 amide bonds. The summed E-state index contributed by atoms with van der Waals surface area (Å²) in [4.78, 5) is 24.5. The highest BCUT2D eigenvalue weighted by atomic mass is 35.5. The summed E-state index contributed by atoms with van der Waals surface area (Å²) >= 11 is 6.12. The number of amides is 1. The zero-order valence-corrected chi connectivity index (χ0v) is 21.1. The highest BCUT2D eigenvalue weighted by molar-refractivity contribution is 6.31. The van der Waals surface area contributed by atoms with Crippen LogP contribution in [0, 0.1) is 0 Å². The maximum atomic E-state index is 12.9. The number of carbonyl (C=O) groups excluding carboxylic acids is 1. The summed E-state index contributed by atoms with van der Waals surface area (Å²) in [6, 6.07) is 17.6. The number of benzene rings is 2. The molecule has 0 unspecified atom stereocenters. The Morgan fingerprint density at radius 3 is 2.73 bits per heavy atom. The number of aromatic amines is 1. The van der Waals surface area contributed by atoms with Gasteiger partial charge in [0.25, 0.3) is 5.91 Å². The summed E-state index contributed by atoms with van der Waals surface area (Å²) < 4.78 is 0. The molecule has 186 valence electrons. The van der Waals surface area contributed by atoms with Crippen LogP contribution >= 0.6 is 11.6 Å². The Labute approximate surface area is 219 Å². The number of fused-ring (bicyclic) bond motifs is 2. The molecule has 8 heteroatoms. The van der Waals surface area contributed by atoms with Gasteiger partial charge in [-0.05, 0) is 73.4 Å². The molecule has 5 aromatic rings. The smallest absolute Gasteiger partial charge is 0.251 e. The molecule has 0 spiro atoms. The van der Waals surface area contributed by atoms with Gasteiger partial charge in [-0.2, -0.15) is 5.10 Å². The molecule has 1 fully saturated rings.